The number of unbranched alkanes of at least 4 members (excludes halogenated alkanes) is 2. The van der Waals surface area contributed by atoms with E-state index in [2.05, 4.69) is 31.0 Å². The molecule has 3 heteroatoms. The summed E-state index contributed by atoms with van der Waals surface area (Å²) in [6.07, 6.45) is 9.23. The van der Waals surface area contributed by atoms with E-state index >= 15 is 0 Å². The topological polar surface area (TPSA) is 32.3 Å². The Morgan fingerprint density at radius 1 is 1.17 bits per heavy atom. The zero-order valence-corrected chi connectivity index (χ0v) is 12.4. The zero-order chi connectivity index (χ0) is 13.4. The van der Waals surface area contributed by atoms with Gasteiger partial charge in [0.25, 0.3) is 0 Å². The van der Waals surface area contributed by atoms with Gasteiger partial charge in [-0.15, -0.1) is 0 Å². The second-order valence-electron chi connectivity index (χ2n) is 5.45. The quantitative estimate of drug-likeness (QED) is 0.685. The number of rotatable bonds is 9. The highest BCUT2D eigenvalue weighted by atomic mass is 16.2. The van der Waals surface area contributed by atoms with Crippen LogP contribution in [-0.4, -0.2) is 29.6 Å². The Morgan fingerprint density at radius 2 is 1.89 bits per heavy atom. The second-order valence-corrected chi connectivity index (χ2v) is 5.45. The Bertz CT molecular complexity index is 243. The van der Waals surface area contributed by atoms with E-state index in [4.69, 9.17) is 0 Å². The summed E-state index contributed by atoms with van der Waals surface area (Å²) in [6.45, 7) is 7.37. The molecule has 2 unspecified atom stereocenters. The minimum Gasteiger partial charge on any atom is -0.326 e. The molecule has 1 saturated heterocycles. The minimum absolute atomic E-state index is 0.0888. The largest absolute Gasteiger partial charge is 0.326 e. The molecule has 3 nitrogen and oxygen atoms in total. The number of nitrogens with zero attached hydrogens (tertiary/aromatic N) is 1. The van der Waals surface area contributed by atoms with Gasteiger partial charge >= 0.3 is 0 Å². The van der Waals surface area contributed by atoms with Crippen LogP contribution in [0.1, 0.15) is 72.1 Å². The number of nitrogens with one attached hydrogen (secondary N) is 1. The van der Waals surface area contributed by atoms with Crippen molar-refractivity contribution in [1.29, 1.82) is 0 Å². The Morgan fingerprint density at radius 3 is 2.50 bits per heavy atom. The van der Waals surface area contributed by atoms with Crippen LogP contribution in [0.2, 0.25) is 0 Å². The van der Waals surface area contributed by atoms with Crippen molar-refractivity contribution in [3.8, 4) is 0 Å². The van der Waals surface area contributed by atoms with Crippen LogP contribution in [0.3, 0.4) is 0 Å². The SMILES string of the molecule is CCCCC1NCN(C(CCC)CCCC)C1=O. The number of carbonyl (C=O) groups excluding carboxylic acids is 1. The van der Waals surface area contributed by atoms with Gasteiger partial charge in [-0.1, -0.05) is 52.9 Å². The maximum Gasteiger partial charge on any atom is 0.241 e. The molecule has 0 aromatic carbocycles. The highest BCUT2D eigenvalue weighted by Crippen LogP contribution is 2.20. The predicted octanol–water partition coefficient (Wildman–Crippen LogP) is 3.29. The van der Waals surface area contributed by atoms with E-state index in [0.717, 1.165) is 38.8 Å². The Balaban J connectivity index is 2.50. The van der Waals surface area contributed by atoms with Crippen molar-refractivity contribution in [2.75, 3.05) is 6.67 Å². The summed E-state index contributed by atoms with van der Waals surface area (Å²) in [7, 11) is 0. The summed E-state index contributed by atoms with van der Waals surface area (Å²) in [6, 6.07) is 0.549. The third-order valence-corrected chi connectivity index (χ3v) is 3.89. The molecule has 0 saturated carbocycles. The second kappa shape index (κ2) is 8.52. The van der Waals surface area contributed by atoms with Crippen LogP contribution >= 0.6 is 0 Å². The molecule has 0 aromatic rings. The van der Waals surface area contributed by atoms with Crippen LogP contribution in [0.25, 0.3) is 0 Å². The van der Waals surface area contributed by atoms with Crippen molar-refractivity contribution in [3.05, 3.63) is 0 Å². The van der Waals surface area contributed by atoms with E-state index in [1.165, 1.54) is 19.3 Å². The van der Waals surface area contributed by atoms with Crippen molar-refractivity contribution in [2.45, 2.75) is 84.2 Å². The molecule has 0 aliphatic carbocycles. The Hall–Kier alpha value is -0.570. The summed E-state index contributed by atoms with van der Waals surface area (Å²) in [5, 5.41) is 3.38. The van der Waals surface area contributed by atoms with E-state index in [0.29, 0.717) is 11.9 Å². The van der Waals surface area contributed by atoms with Gasteiger partial charge in [0.2, 0.25) is 5.91 Å². The lowest BCUT2D eigenvalue weighted by Crippen LogP contribution is -2.38. The van der Waals surface area contributed by atoms with Crippen LogP contribution in [0.15, 0.2) is 0 Å². The van der Waals surface area contributed by atoms with Crippen molar-refractivity contribution in [1.82, 2.24) is 10.2 Å². The monoisotopic (exact) mass is 254 g/mol. The lowest BCUT2D eigenvalue weighted by atomic mass is 10.0. The summed E-state index contributed by atoms with van der Waals surface area (Å²) in [5.74, 6) is 0.345. The van der Waals surface area contributed by atoms with E-state index in [-0.39, 0.29) is 6.04 Å². The molecule has 1 N–H and O–H groups in total. The highest BCUT2D eigenvalue weighted by Gasteiger charge is 2.34. The molecule has 0 spiro atoms. The first-order chi connectivity index (χ1) is 8.74. The van der Waals surface area contributed by atoms with Gasteiger partial charge in [-0.3, -0.25) is 10.1 Å². The van der Waals surface area contributed by atoms with Crippen LogP contribution in [0.4, 0.5) is 0 Å². The fourth-order valence-corrected chi connectivity index (χ4v) is 2.75. The van der Waals surface area contributed by atoms with E-state index in [1.54, 1.807) is 0 Å². The molecular formula is C15H30N2O. The van der Waals surface area contributed by atoms with Gasteiger partial charge in [0.15, 0.2) is 0 Å². The highest BCUT2D eigenvalue weighted by molar-refractivity contribution is 5.84. The van der Waals surface area contributed by atoms with Crippen molar-refractivity contribution < 1.29 is 4.79 Å². The van der Waals surface area contributed by atoms with Gasteiger partial charge in [0, 0.05) is 6.04 Å². The predicted molar refractivity (Wildman–Crippen MR) is 76.4 cm³/mol. The fourth-order valence-electron chi connectivity index (χ4n) is 2.75. The molecule has 106 valence electrons. The number of amides is 1. The maximum atomic E-state index is 12.4. The molecule has 0 bridgehead atoms. The minimum atomic E-state index is 0.0888. The lowest BCUT2D eigenvalue weighted by Gasteiger charge is -2.27. The molecule has 0 radical (unpaired) electrons. The Labute approximate surface area is 112 Å². The first kappa shape index (κ1) is 15.5. The standard InChI is InChI=1S/C15H30N2O/c1-4-7-10-13(9-6-3)17-12-16-14(15(17)18)11-8-5-2/h13-14,16H,4-12H2,1-3H3. The summed E-state index contributed by atoms with van der Waals surface area (Å²) in [4.78, 5) is 14.5. The van der Waals surface area contributed by atoms with Gasteiger partial charge in [0.1, 0.15) is 0 Å². The third kappa shape index (κ3) is 4.27. The maximum absolute atomic E-state index is 12.4. The molecule has 1 aliphatic rings. The lowest BCUT2D eigenvalue weighted by molar-refractivity contribution is -0.131. The third-order valence-electron chi connectivity index (χ3n) is 3.89. The van der Waals surface area contributed by atoms with Gasteiger partial charge in [-0.05, 0) is 19.3 Å². The summed E-state index contributed by atoms with van der Waals surface area (Å²) < 4.78 is 0. The van der Waals surface area contributed by atoms with Crippen molar-refractivity contribution in [3.63, 3.8) is 0 Å². The Kier molecular flexibility index (Phi) is 7.33. The molecule has 1 rings (SSSR count). The number of hydrogen-bond donors (Lipinski definition) is 1. The van der Waals surface area contributed by atoms with Crippen LogP contribution in [-0.2, 0) is 4.79 Å². The number of carbonyl (C=O) groups is 1. The first-order valence-corrected chi connectivity index (χ1v) is 7.78. The number of hydrogen-bond acceptors (Lipinski definition) is 2. The molecule has 1 aliphatic heterocycles. The zero-order valence-electron chi connectivity index (χ0n) is 12.4. The normalized spacial score (nSPS) is 21.6. The smallest absolute Gasteiger partial charge is 0.241 e. The van der Waals surface area contributed by atoms with E-state index < -0.39 is 0 Å². The van der Waals surface area contributed by atoms with Gasteiger partial charge in [-0.25, -0.2) is 0 Å². The molecule has 0 aromatic heterocycles. The van der Waals surface area contributed by atoms with Crippen LogP contribution < -0.4 is 5.32 Å². The van der Waals surface area contributed by atoms with Crippen LogP contribution in [0.5, 0.6) is 0 Å². The molecule has 18 heavy (non-hydrogen) atoms. The average Bonchev–Trinajstić information content (AvgIpc) is 2.73. The van der Waals surface area contributed by atoms with Gasteiger partial charge in [0.05, 0.1) is 12.7 Å². The van der Waals surface area contributed by atoms with E-state index in [1.807, 2.05) is 0 Å². The van der Waals surface area contributed by atoms with Gasteiger partial charge in [-0.2, -0.15) is 0 Å². The molecular weight excluding hydrogens is 224 g/mol. The average molecular weight is 254 g/mol. The molecule has 1 fully saturated rings. The van der Waals surface area contributed by atoms with E-state index in [9.17, 15) is 4.79 Å². The molecule has 1 amide bonds. The summed E-state index contributed by atoms with van der Waals surface area (Å²) >= 11 is 0. The molecule has 1 heterocycles. The first-order valence-electron chi connectivity index (χ1n) is 7.78. The van der Waals surface area contributed by atoms with Crippen molar-refractivity contribution in [2.24, 2.45) is 0 Å². The molecule has 2 atom stereocenters. The van der Waals surface area contributed by atoms with Gasteiger partial charge < -0.3 is 4.90 Å². The van der Waals surface area contributed by atoms with Crippen molar-refractivity contribution >= 4 is 5.91 Å². The van der Waals surface area contributed by atoms with Crippen LogP contribution in [0, 0.1) is 0 Å². The summed E-state index contributed by atoms with van der Waals surface area (Å²) in [5.41, 5.74) is 0. The fraction of sp³-hybridized carbons (Fsp3) is 0.933.